The lowest BCUT2D eigenvalue weighted by atomic mass is 9.80. The van der Waals surface area contributed by atoms with Crippen LogP contribution in [0.3, 0.4) is 0 Å². The zero-order valence-electron chi connectivity index (χ0n) is 14.6. The number of hydrogen-bond acceptors (Lipinski definition) is 2. The van der Waals surface area contributed by atoms with Crippen LogP contribution in [-0.2, 0) is 4.79 Å². The largest absolute Gasteiger partial charge is 0.378 e. The summed E-state index contributed by atoms with van der Waals surface area (Å²) >= 11 is 0. The van der Waals surface area contributed by atoms with Gasteiger partial charge in [-0.1, -0.05) is 25.1 Å². The first kappa shape index (κ1) is 16.1. The number of halogens is 1. The summed E-state index contributed by atoms with van der Waals surface area (Å²) in [7, 11) is 0. The Kier molecular flexibility index (Phi) is 3.98. The molecule has 3 nitrogen and oxygen atoms in total. The fourth-order valence-corrected chi connectivity index (χ4v) is 4.24. The van der Waals surface area contributed by atoms with Crippen LogP contribution in [0.25, 0.3) is 0 Å². The predicted molar refractivity (Wildman–Crippen MR) is 98.0 cm³/mol. The second kappa shape index (κ2) is 6.17. The van der Waals surface area contributed by atoms with Gasteiger partial charge >= 0.3 is 0 Å². The fraction of sp³-hybridized carbons (Fsp3) is 0.381. The molecule has 0 aromatic heterocycles. The number of nitrogens with one attached hydrogen (secondary N) is 1. The van der Waals surface area contributed by atoms with Crippen LogP contribution in [-0.4, -0.2) is 11.9 Å². The van der Waals surface area contributed by atoms with Crippen molar-refractivity contribution in [3.8, 4) is 0 Å². The van der Waals surface area contributed by atoms with Crippen LogP contribution in [0.15, 0.2) is 48.5 Å². The SMILES string of the molecule is CC(=O)N1c2ccccc2[C@H](Nc2ccc(F)cc2)[C@@H](C)[C@@H]1C1CC1. The molecule has 2 aromatic carbocycles. The Balaban J connectivity index is 1.76. The van der Waals surface area contributed by atoms with E-state index in [0.29, 0.717) is 5.92 Å². The molecule has 1 fully saturated rings. The van der Waals surface area contributed by atoms with Gasteiger partial charge in [-0.05, 0) is 54.7 Å². The molecule has 1 aliphatic carbocycles. The van der Waals surface area contributed by atoms with Gasteiger partial charge in [-0.15, -0.1) is 0 Å². The van der Waals surface area contributed by atoms with E-state index in [1.54, 1.807) is 19.1 Å². The molecule has 0 bridgehead atoms. The summed E-state index contributed by atoms with van der Waals surface area (Å²) in [6.45, 7) is 3.88. The molecule has 4 rings (SSSR count). The molecule has 0 unspecified atom stereocenters. The van der Waals surface area contributed by atoms with Gasteiger partial charge in [0.05, 0.1) is 6.04 Å². The van der Waals surface area contributed by atoms with E-state index in [9.17, 15) is 9.18 Å². The van der Waals surface area contributed by atoms with E-state index in [1.165, 1.54) is 25.0 Å². The quantitative estimate of drug-likeness (QED) is 0.875. The summed E-state index contributed by atoms with van der Waals surface area (Å²) in [5.41, 5.74) is 3.04. The number of carbonyl (C=O) groups is 1. The summed E-state index contributed by atoms with van der Waals surface area (Å²) in [5, 5.41) is 3.58. The van der Waals surface area contributed by atoms with Crippen LogP contribution < -0.4 is 10.2 Å². The number of rotatable bonds is 3. The summed E-state index contributed by atoms with van der Waals surface area (Å²) in [4.78, 5) is 14.4. The summed E-state index contributed by atoms with van der Waals surface area (Å²) in [6, 6.07) is 14.9. The lowest BCUT2D eigenvalue weighted by Crippen LogP contribution is -2.51. The molecule has 1 amide bonds. The Labute approximate surface area is 147 Å². The van der Waals surface area contributed by atoms with Gasteiger partial charge < -0.3 is 10.2 Å². The van der Waals surface area contributed by atoms with E-state index in [2.05, 4.69) is 18.3 Å². The molecule has 4 heteroatoms. The van der Waals surface area contributed by atoms with Crippen molar-refractivity contribution in [3.05, 3.63) is 59.9 Å². The number of nitrogens with zero attached hydrogens (tertiary/aromatic N) is 1. The minimum absolute atomic E-state index is 0.0999. The third kappa shape index (κ3) is 2.90. The molecular formula is C21H23FN2O. The number of hydrogen-bond donors (Lipinski definition) is 1. The average molecular weight is 338 g/mol. The van der Waals surface area contributed by atoms with Crippen LogP contribution in [0.2, 0.25) is 0 Å². The maximum atomic E-state index is 13.2. The van der Waals surface area contributed by atoms with Crippen LogP contribution in [0.4, 0.5) is 15.8 Å². The van der Waals surface area contributed by atoms with Gasteiger partial charge in [-0.3, -0.25) is 4.79 Å². The van der Waals surface area contributed by atoms with E-state index in [4.69, 9.17) is 0 Å². The molecule has 0 radical (unpaired) electrons. The van der Waals surface area contributed by atoms with Gasteiger partial charge in [0.1, 0.15) is 5.82 Å². The highest BCUT2D eigenvalue weighted by atomic mass is 19.1. The highest BCUT2D eigenvalue weighted by Crippen LogP contribution is 2.49. The zero-order chi connectivity index (χ0) is 17.6. The van der Waals surface area contributed by atoms with E-state index in [0.717, 1.165) is 16.9 Å². The Bertz CT molecular complexity index is 785. The van der Waals surface area contributed by atoms with Crippen LogP contribution in [0, 0.1) is 17.7 Å². The molecule has 3 atom stereocenters. The number of fused-ring (bicyclic) bond motifs is 1. The van der Waals surface area contributed by atoms with Crippen LogP contribution in [0.5, 0.6) is 0 Å². The monoisotopic (exact) mass is 338 g/mol. The third-order valence-corrected chi connectivity index (χ3v) is 5.50. The number of benzene rings is 2. The van der Waals surface area contributed by atoms with Crippen molar-refractivity contribution in [3.63, 3.8) is 0 Å². The first-order chi connectivity index (χ1) is 12.1. The predicted octanol–water partition coefficient (Wildman–Crippen LogP) is 4.76. The van der Waals surface area contributed by atoms with Crippen molar-refractivity contribution in [1.82, 2.24) is 0 Å². The Morgan fingerprint density at radius 2 is 1.80 bits per heavy atom. The van der Waals surface area contributed by atoms with E-state index in [-0.39, 0.29) is 29.7 Å². The van der Waals surface area contributed by atoms with Crippen molar-refractivity contribution in [1.29, 1.82) is 0 Å². The fourth-order valence-electron chi connectivity index (χ4n) is 4.24. The Morgan fingerprint density at radius 3 is 2.44 bits per heavy atom. The molecule has 130 valence electrons. The maximum absolute atomic E-state index is 13.2. The summed E-state index contributed by atoms with van der Waals surface area (Å²) in [6.07, 6.45) is 2.37. The smallest absolute Gasteiger partial charge is 0.224 e. The van der Waals surface area contributed by atoms with Gasteiger partial charge in [-0.25, -0.2) is 4.39 Å². The molecule has 0 saturated heterocycles. The zero-order valence-corrected chi connectivity index (χ0v) is 14.6. The normalized spacial score (nSPS) is 25.4. The number of carbonyl (C=O) groups excluding carboxylic acids is 1. The summed E-state index contributed by atoms with van der Waals surface area (Å²) in [5.74, 6) is 0.721. The third-order valence-electron chi connectivity index (χ3n) is 5.50. The number of anilines is 2. The highest BCUT2D eigenvalue weighted by Gasteiger charge is 2.47. The highest BCUT2D eigenvalue weighted by molar-refractivity contribution is 5.94. The minimum atomic E-state index is -0.235. The van der Waals surface area contributed by atoms with Crippen molar-refractivity contribution in [2.24, 2.45) is 11.8 Å². The minimum Gasteiger partial charge on any atom is -0.378 e. The molecule has 1 aliphatic heterocycles. The Hall–Kier alpha value is -2.36. The maximum Gasteiger partial charge on any atom is 0.224 e. The van der Waals surface area contributed by atoms with Gasteiger partial charge in [0.25, 0.3) is 0 Å². The molecule has 2 aromatic rings. The molecule has 1 saturated carbocycles. The van der Waals surface area contributed by atoms with Crippen LogP contribution in [0.1, 0.15) is 38.3 Å². The van der Waals surface area contributed by atoms with Gasteiger partial charge in [0, 0.05) is 30.3 Å². The first-order valence-corrected chi connectivity index (χ1v) is 8.97. The second-order valence-electron chi connectivity index (χ2n) is 7.26. The Morgan fingerprint density at radius 1 is 1.12 bits per heavy atom. The standard InChI is InChI=1S/C21H23FN2O/c1-13-20(23-17-11-9-16(22)10-12-17)18-5-3-4-6-19(18)24(14(2)25)21(13)15-7-8-15/h3-6,9-13,15,20-21,23H,7-8H2,1-2H3/t13-,20-,21-/m1/s1. The lowest BCUT2D eigenvalue weighted by Gasteiger charge is -2.46. The molecule has 2 aliphatic rings. The molecule has 1 N–H and O–H groups in total. The average Bonchev–Trinajstić information content (AvgIpc) is 3.43. The second-order valence-corrected chi connectivity index (χ2v) is 7.26. The molecule has 25 heavy (non-hydrogen) atoms. The van der Waals surface area contributed by atoms with Crippen molar-refractivity contribution >= 4 is 17.3 Å². The van der Waals surface area contributed by atoms with E-state index >= 15 is 0 Å². The van der Waals surface area contributed by atoms with Gasteiger partial charge in [0.2, 0.25) is 5.91 Å². The lowest BCUT2D eigenvalue weighted by molar-refractivity contribution is -0.117. The van der Waals surface area contributed by atoms with E-state index < -0.39 is 0 Å². The van der Waals surface area contributed by atoms with Crippen molar-refractivity contribution < 1.29 is 9.18 Å². The van der Waals surface area contributed by atoms with Crippen molar-refractivity contribution in [2.45, 2.75) is 38.8 Å². The van der Waals surface area contributed by atoms with Crippen molar-refractivity contribution in [2.75, 3.05) is 10.2 Å². The topological polar surface area (TPSA) is 32.3 Å². The molecule has 1 heterocycles. The molecular weight excluding hydrogens is 315 g/mol. The molecule has 0 spiro atoms. The van der Waals surface area contributed by atoms with Crippen LogP contribution >= 0.6 is 0 Å². The van der Waals surface area contributed by atoms with Gasteiger partial charge in [0.15, 0.2) is 0 Å². The van der Waals surface area contributed by atoms with E-state index in [1.807, 2.05) is 23.1 Å². The van der Waals surface area contributed by atoms with Gasteiger partial charge in [-0.2, -0.15) is 0 Å². The first-order valence-electron chi connectivity index (χ1n) is 8.97. The number of para-hydroxylation sites is 1. The number of amides is 1. The summed E-state index contributed by atoms with van der Waals surface area (Å²) < 4.78 is 13.2.